The lowest BCUT2D eigenvalue weighted by Gasteiger charge is -2.34. The number of hydrogen-bond acceptors (Lipinski definition) is 6. The van der Waals surface area contributed by atoms with Crippen molar-refractivity contribution in [2.24, 2.45) is 11.8 Å². The van der Waals surface area contributed by atoms with Crippen molar-refractivity contribution in [1.82, 2.24) is 20.1 Å². The number of benzene rings is 1. The molecule has 0 aliphatic carbocycles. The van der Waals surface area contributed by atoms with E-state index in [1.165, 1.54) is 28.6 Å². The van der Waals surface area contributed by atoms with Gasteiger partial charge in [0.05, 0.1) is 11.4 Å². The number of nitrogens with one attached hydrogen (secondary N) is 2. The molecule has 10 heteroatoms. The van der Waals surface area contributed by atoms with Crippen molar-refractivity contribution in [2.45, 2.75) is 45.6 Å². The number of rotatable bonds is 8. The van der Waals surface area contributed by atoms with Gasteiger partial charge in [0.2, 0.25) is 10.0 Å². The molecule has 1 aliphatic rings. The highest BCUT2D eigenvalue weighted by Crippen LogP contribution is 2.27. The molecule has 9 nitrogen and oxygen atoms in total. The van der Waals surface area contributed by atoms with Crippen molar-refractivity contribution in [2.75, 3.05) is 26.2 Å². The van der Waals surface area contributed by atoms with Crippen LogP contribution in [0, 0.1) is 11.8 Å². The minimum atomic E-state index is -3.72. The zero-order valence-corrected chi connectivity index (χ0v) is 21.0. The lowest BCUT2D eigenvalue weighted by Crippen LogP contribution is -2.43. The van der Waals surface area contributed by atoms with E-state index in [-0.39, 0.29) is 28.1 Å². The molecule has 1 aliphatic heterocycles. The zero-order valence-electron chi connectivity index (χ0n) is 20.2. The van der Waals surface area contributed by atoms with Gasteiger partial charge in [-0.2, -0.15) is 4.31 Å². The zero-order chi connectivity index (χ0) is 24.9. The number of furan rings is 1. The Morgan fingerprint density at radius 3 is 2.32 bits per heavy atom. The van der Waals surface area contributed by atoms with Crippen molar-refractivity contribution in [3.05, 3.63) is 53.5 Å². The molecule has 1 aromatic carbocycles. The third-order valence-corrected chi connectivity index (χ3v) is 7.85. The Bertz CT molecular complexity index is 1100. The Morgan fingerprint density at radius 2 is 1.68 bits per heavy atom. The number of nitrogens with zero attached hydrogens (tertiary/aromatic N) is 2. The van der Waals surface area contributed by atoms with Crippen molar-refractivity contribution in [1.29, 1.82) is 0 Å². The summed E-state index contributed by atoms with van der Waals surface area (Å²) in [6, 6.07) is 9.11. The van der Waals surface area contributed by atoms with Gasteiger partial charge in [-0.05, 0) is 61.7 Å². The summed E-state index contributed by atoms with van der Waals surface area (Å²) in [7, 11) is -3.72. The maximum absolute atomic E-state index is 13.1. The van der Waals surface area contributed by atoms with E-state index in [0.29, 0.717) is 25.4 Å². The molecule has 2 atom stereocenters. The van der Waals surface area contributed by atoms with Gasteiger partial charge in [0, 0.05) is 18.7 Å². The average Bonchev–Trinajstić information content (AvgIpc) is 3.29. The summed E-state index contributed by atoms with van der Waals surface area (Å²) >= 11 is 0. The van der Waals surface area contributed by atoms with Gasteiger partial charge in [-0.25, -0.2) is 8.42 Å². The van der Waals surface area contributed by atoms with Crippen molar-refractivity contribution in [3.8, 4) is 0 Å². The SMILES string of the molecule is CCN(CC)Cc1ccc(C(=O)NNC(=O)c2cccc(S(=O)(=O)N3CC(C)CC(C)C3)c2)o1. The van der Waals surface area contributed by atoms with Crippen molar-refractivity contribution < 1.29 is 22.4 Å². The first-order chi connectivity index (χ1) is 16.1. The highest BCUT2D eigenvalue weighted by molar-refractivity contribution is 7.89. The van der Waals surface area contributed by atoms with Crippen LogP contribution in [-0.4, -0.2) is 55.6 Å². The molecule has 1 saturated heterocycles. The predicted molar refractivity (Wildman–Crippen MR) is 128 cm³/mol. The van der Waals surface area contributed by atoms with Crippen LogP contribution in [0.25, 0.3) is 0 Å². The fourth-order valence-corrected chi connectivity index (χ4v) is 5.97. The standard InChI is InChI=1S/C24H34N4O5S/c1-5-27(6-2)16-20-10-11-22(33-20)24(30)26-25-23(29)19-8-7-9-21(13-19)34(31,32)28-14-17(3)12-18(4)15-28/h7-11,13,17-18H,5-6,12,14-16H2,1-4H3,(H,25,29)(H,26,30). The summed E-state index contributed by atoms with van der Waals surface area (Å²) in [6.07, 6.45) is 0.987. The molecule has 34 heavy (non-hydrogen) atoms. The van der Waals surface area contributed by atoms with E-state index in [0.717, 1.165) is 19.5 Å². The van der Waals surface area contributed by atoms with Crippen LogP contribution in [0.5, 0.6) is 0 Å². The summed E-state index contributed by atoms with van der Waals surface area (Å²) in [5.41, 5.74) is 4.77. The van der Waals surface area contributed by atoms with Gasteiger partial charge in [0.15, 0.2) is 5.76 Å². The smallest absolute Gasteiger partial charge is 0.305 e. The van der Waals surface area contributed by atoms with Crippen LogP contribution >= 0.6 is 0 Å². The fraction of sp³-hybridized carbons (Fsp3) is 0.500. The van der Waals surface area contributed by atoms with Gasteiger partial charge in [-0.3, -0.25) is 25.3 Å². The summed E-state index contributed by atoms with van der Waals surface area (Å²) in [5.74, 6) is 0.0511. The third-order valence-electron chi connectivity index (χ3n) is 6.02. The molecule has 2 N–H and O–H groups in total. The van der Waals surface area contributed by atoms with Crippen LogP contribution in [0.3, 0.4) is 0 Å². The van der Waals surface area contributed by atoms with E-state index >= 15 is 0 Å². The van der Waals surface area contributed by atoms with E-state index in [2.05, 4.69) is 15.8 Å². The minimum absolute atomic E-state index is 0.0554. The fourth-order valence-electron chi connectivity index (χ4n) is 4.25. The number of carbonyl (C=O) groups is 2. The van der Waals surface area contributed by atoms with Crippen LogP contribution in [0.2, 0.25) is 0 Å². The summed E-state index contributed by atoms with van der Waals surface area (Å²) in [4.78, 5) is 27.2. The van der Waals surface area contributed by atoms with Gasteiger partial charge < -0.3 is 4.42 Å². The first-order valence-corrected chi connectivity index (χ1v) is 13.1. The minimum Gasteiger partial charge on any atom is -0.454 e. The second-order valence-corrected chi connectivity index (χ2v) is 10.9. The monoisotopic (exact) mass is 490 g/mol. The topological polar surface area (TPSA) is 112 Å². The lowest BCUT2D eigenvalue weighted by atomic mass is 9.94. The lowest BCUT2D eigenvalue weighted by molar-refractivity contribution is 0.0828. The Kier molecular flexibility index (Phi) is 8.51. The van der Waals surface area contributed by atoms with Crippen molar-refractivity contribution >= 4 is 21.8 Å². The molecule has 0 bridgehead atoms. The van der Waals surface area contributed by atoms with Gasteiger partial charge >= 0.3 is 5.91 Å². The first kappa shape index (κ1) is 25.9. The number of sulfonamides is 1. The van der Waals surface area contributed by atoms with E-state index in [9.17, 15) is 18.0 Å². The van der Waals surface area contributed by atoms with Crippen LogP contribution < -0.4 is 10.9 Å². The summed E-state index contributed by atoms with van der Waals surface area (Å²) < 4.78 is 33.3. The largest absolute Gasteiger partial charge is 0.454 e. The van der Waals surface area contributed by atoms with Gasteiger partial charge in [0.1, 0.15) is 5.76 Å². The highest BCUT2D eigenvalue weighted by Gasteiger charge is 2.32. The normalized spacial score (nSPS) is 19.2. The van der Waals surface area contributed by atoms with E-state index in [1.807, 2.05) is 27.7 Å². The molecule has 1 aromatic heterocycles. The molecule has 2 amide bonds. The molecule has 186 valence electrons. The second kappa shape index (κ2) is 11.2. The number of carbonyl (C=O) groups excluding carboxylic acids is 2. The van der Waals surface area contributed by atoms with Crippen LogP contribution in [0.15, 0.2) is 45.7 Å². The van der Waals surface area contributed by atoms with Crippen molar-refractivity contribution in [3.63, 3.8) is 0 Å². The molecule has 1 fully saturated rings. The number of amides is 2. The molecule has 0 spiro atoms. The van der Waals surface area contributed by atoms with E-state index in [4.69, 9.17) is 4.42 Å². The average molecular weight is 491 g/mol. The maximum atomic E-state index is 13.1. The van der Waals surface area contributed by atoms with Gasteiger partial charge in [-0.1, -0.05) is 33.8 Å². The Morgan fingerprint density at radius 1 is 1.03 bits per heavy atom. The van der Waals surface area contributed by atoms with E-state index in [1.54, 1.807) is 12.1 Å². The number of piperidine rings is 1. The Labute approximate surface area is 201 Å². The molecule has 2 heterocycles. The second-order valence-electron chi connectivity index (χ2n) is 8.93. The molecule has 2 aromatic rings. The molecule has 2 unspecified atom stereocenters. The maximum Gasteiger partial charge on any atom is 0.305 e. The number of hydrazine groups is 1. The number of hydrogen-bond donors (Lipinski definition) is 2. The molecular formula is C24H34N4O5S. The summed E-state index contributed by atoms with van der Waals surface area (Å²) in [6.45, 7) is 11.4. The predicted octanol–water partition coefficient (Wildman–Crippen LogP) is 2.86. The Balaban J connectivity index is 1.63. The van der Waals surface area contributed by atoms with Gasteiger partial charge in [-0.15, -0.1) is 0 Å². The first-order valence-electron chi connectivity index (χ1n) is 11.7. The molecule has 0 saturated carbocycles. The molecular weight excluding hydrogens is 456 g/mol. The highest BCUT2D eigenvalue weighted by atomic mass is 32.2. The van der Waals surface area contributed by atoms with Crippen LogP contribution in [0.4, 0.5) is 0 Å². The third kappa shape index (κ3) is 6.25. The quantitative estimate of drug-likeness (QED) is 0.551. The van der Waals surface area contributed by atoms with Crippen LogP contribution in [0.1, 0.15) is 60.8 Å². The van der Waals surface area contributed by atoms with Gasteiger partial charge in [0.25, 0.3) is 5.91 Å². The molecule has 0 radical (unpaired) electrons. The molecule has 3 rings (SSSR count). The summed E-state index contributed by atoms with van der Waals surface area (Å²) in [5, 5.41) is 0. The van der Waals surface area contributed by atoms with Crippen LogP contribution in [-0.2, 0) is 16.6 Å². The van der Waals surface area contributed by atoms with E-state index < -0.39 is 21.8 Å². The Hall–Kier alpha value is -2.69.